The van der Waals surface area contributed by atoms with E-state index < -0.39 is 40.8 Å². The molecule has 33 heavy (non-hydrogen) atoms. The standard InChI is InChI=1S/C22H21F4N5O2/c1-20(2,33)17-14(22(24,25)26)6-11(9-28-17)29-19(32)12-8-21(4-3-5-21)18-13(12)10-27-16-7-15(23)30-31(16)18/h6-7,9-10,12,33H,3-5,8H2,1-2H3,(H,29,32)/t12-/m1/s1. The van der Waals surface area contributed by atoms with Crippen molar-refractivity contribution in [3.63, 3.8) is 0 Å². The Bertz CT molecular complexity index is 1270. The molecule has 174 valence electrons. The lowest BCUT2D eigenvalue weighted by atomic mass is 9.66. The second-order valence-corrected chi connectivity index (χ2v) is 9.36. The number of alkyl halides is 3. The van der Waals surface area contributed by atoms with Crippen LogP contribution in [0.25, 0.3) is 5.65 Å². The molecule has 3 aromatic heterocycles. The van der Waals surface area contributed by atoms with E-state index in [1.807, 2.05) is 0 Å². The van der Waals surface area contributed by atoms with E-state index in [4.69, 9.17) is 0 Å². The summed E-state index contributed by atoms with van der Waals surface area (Å²) in [5.41, 5.74) is -2.24. The zero-order valence-electron chi connectivity index (χ0n) is 17.9. The Hall–Kier alpha value is -3.08. The van der Waals surface area contributed by atoms with Gasteiger partial charge in [0.25, 0.3) is 0 Å². The van der Waals surface area contributed by atoms with Gasteiger partial charge in [0, 0.05) is 23.2 Å². The van der Waals surface area contributed by atoms with Gasteiger partial charge in [0.2, 0.25) is 11.9 Å². The molecule has 0 aliphatic heterocycles. The van der Waals surface area contributed by atoms with Crippen molar-refractivity contribution in [1.82, 2.24) is 19.6 Å². The van der Waals surface area contributed by atoms with Crippen LogP contribution in [0.3, 0.4) is 0 Å². The van der Waals surface area contributed by atoms with Gasteiger partial charge in [0.1, 0.15) is 5.60 Å². The van der Waals surface area contributed by atoms with Crippen LogP contribution in [0.2, 0.25) is 0 Å². The van der Waals surface area contributed by atoms with Crippen LogP contribution in [0.5, 0.6) is 0 Å². The Labute approximate surface area is 185 Å². The Balaban J connectivity index is 1.50. The number of amides is 1. The third-order valence-electron chi connectivity index (χ3n) is 6.62. The van der Waals surface area contributed by atoms with Crippen molar-refractivity contribution < 1.29 is 27.5 Å². The maximum absolute atomic E-state index is 13.8. The molecule has 1 amide bonds. The fourth-order valence-electron chi connectivity index (χ4n) is 5.05. The zero-order valence-corrected chi connectivity index (χ0v) is 17.9. The number of anilines is 1. The third kappa shape index (κ3) is 3.45. The normalized spacial score (nSPS) is 19.5. The van der Waals surface area contributed by atoms with Crippen molar-refractivity contribution in [3.05, 3.63) is 53.0 Å². The van der Waals surface area contributed by atoms with Crippen molar-refractivity contribution in [3.8, 4) is 0 Å². The summed E-state index contributed by atoms with van der Waals surface area (Å²) in [5.74, 6) is -1.84. The highest BCUT2D eigenvalue weighted by molar-refractivity contribution is 5.97. The van der Waals surface area contributed by atoms with E-state index in [0.29, 0.717) is 17.6 Å². The van der Waals surface area contributed by atoms with Crippen LogP contribution in [0, 0.1) is 5.95 Å². The highest BCUT2D eigenvalue weighted by Gasteiger charge is 2.52. The zero-order chi connectivity index (χ0) is 23.8. The van der Waals surface area contributed by atoms with E-state index in [2.05, 4.69) is 20.4 Å². The number of aliphatic hydroxyl groups is 1. The topological polar surface area (TPSA) is 92.4 Å². The van der Waals surface area contributed by atoms with Crippen LogP contribution >= 0.6 is 0 Å². The molecule has 2 aliphatic rings. The monoisotopic (exact) mass is 463 g/mol. The fourth-order valence-corrected chi connectivity index (χ4v) is 5.05. The van der Waals surface area contributed by atoms with Gasteiger partial charge in [0.15, 0.2) is 5.65 Å². The molecule has 3 aromatic rings. The quantitative estimate of drug-likeness (QED) is 0.572. The van der Waals surface area contributed by atoms with E-state index in [-0.39, 0.29) is 11.1 Å². The predicted molar refractivity (Wildman–Crippen MR) is 109 cm³/mol. The molecular weight excluding hydrogens is 442 g/mol. The van der Waals surface area contributed by atoms with Gasteiger partial charge in [-0.3, -0.25) is 9.78 Å². The van der Waals surface area contributed by atoms with Gasteiger partial charge in [-0.1, -0.05) is 6.42 Å². The number of halogens is 4. The number of carbonyl (C=O) groups excluding carboxylic acids is 1. The number of fused-ring (bicyclic) bond motifs is 4. The Kier molecular flexibility index (Phi) is 4.59. The molecule has 0 saturated heterocycles. The molecule has 1 spiro atoms. The number of pyridine rings is 1. The Morgan fingerprint density at radius 2 is 1.94 bits per heavy atom. The summed E-state index contributed by atoms with van der Waals surface area (Å²) >= 11 is 0. The van der Waals surface area contributed by atoms with Gasteiger partial charge in [-0.2, -0.15) is 17.6 Å². The molecule has 0 bridgehead atoms. The highest BCUT2D eigenvalue weighted by Crippen LogP contribution is 2.56. The average molecular weight is 463 g/mol. The Morgan fingerprint density at radius 3 is 2.55 bits per heavy atom. The van der Waals surface area contributed by atoms with E-state index >= 15 is 0 Å². The molecule has 11 heteroatoms. The summed E-state index contributed by atoms with van der Waals surface area (Å²) in [4.78, 5) is 21.2. The first-order chi connectivity index (χ1) is 15.4. The number of aromatic nitrogens is 4. The number of hydrogen-bond donors (Lipinski definition) is 2. The van der Waals surface area contributed by atoms with E-state index in [1.165, 1.54) is 30.6 Å². The van der Waals surface area contributed by atoms with E-state index in [9.17, 15) is 27.5 Å². The second kappa shape index (κ2) is 6.96. The van der Waals surface area contributed by atoms with Gasteiger partial charge in [0.05, 0.1) is 34.8 Å². The SMILES string of the molecule is CC(C)(O)c1ncc(NC(=O)[C@@H]2CC3(CCC3)c3c2cnc2cc(F)nn32)cc1C(F)(F)F. The lowest BCUT2D eigenvalue weighted by Crippen LogP contribution is -2.34. The number of rotatable bonds is 3. The molecule has 5 rings (SSSR count). The van der Waals surface area contributed by atoms with Crippen LogP contribution in [-0.2, 0) is 22.0 Å². The van der Waals surface area contributed by atoms with Crippen LogP contribution in [0.1, 0.15) is 68.0 Å². The van der Waals surface area contributed by atoms with Crippen molar-refractivity contribution in [1.29, 1.82) is 0 Å². The largest absolute Gasteiger partial charge is 0.418 e. The summed E-state index contributed by atoms with van der Waals surface area (Å²) in [6.45, 7) is 2.42. The van der Waals surface area contributed by atoms with Crippen molar-refractivity contribution in [2.45, 2.75) is 62.6 Å². The molecule has 7 nitrogen and oxygen atoms in total. The summed E-state index contributed by atoms with van der Waals surface area (Å²) < 4.78 is 56.0. The maximum Gasteiger partial charge on any atom is 0.418 e. The fraction of sp³-hybridized carbons (Fsp3) is 0.455. The molecule has 0 aromatic carbocycles. The van der Waals surface area contributed by atoms with Crippen molar-refractivity contribution >= 4 is 17.2 Å². The molecule has 0 unspecified atom stereocenters. The van der Waals surface area contributed by atoms with Gasteiger partial charge in [-0.15, -0.1) is 5.10 Å². The first-order valence-electron chi connectivity index (χ1n) is 10.5. The maximum atomic E-state index is 13.8. The van der Waals surface area contributed by atoms with Crippen LogP contribution in [0.15, 0.2) is 24.5 Å². The second-order valence-electron chi connectivity index (χ2n) is 9.36. The van der Waals surface area contributed by atoms with Crippen LogP contribution in [-0.4, -0.2) is 30.6 Å². The Morgan fingerprint density at radius 1 is 1.21 bits per heavy atom. The van der Waals surface area contributed by atoms with Crippen molar-refractivity contribution in [2.75, 3.05) is 5.32 Å². The minimum Gasteiger partial charge on any atom is -0.384 e. The van der Waals surface area contributed by atoms with E-state index in [0.717, 1.165) is 37.2 Å². The third-order valence-corrected chi connectivity index (χ3v) is 6.62. The predicted octanol–water partition coefficient (Wildman–Crippen LogP) is 4.06. The molecule has 3 heterocycles. The van der Waals surface area contributed by atoms with Crippen LogP contribution < -0.4 is 5.32 Å². The summed E-state index contributed by atoms with van der Waals surface area (Å²) in [6.07, 6.45) is 0.879. The van der Waals surface area contributed by atoms with Gasteiger partial charge in [-0.25, -0.2) is 9.50 Å². The molecule has 0 radical (unpaired) electrons. The number of carbonyl (C=O) groups is 1. The van der Waals surface area contributed by atoms with Gasteiger partial charge in [-0.05, 0) is 39.2 Å². The smallest absolute Gasteiger partial charge is 0.384 e. The number of nitrogens with zero attached hydrogens (tertiary/aromatic N) is 4. The number of hydrogen-bond acceptors (Lipinski definition) is 5. The summed E-state index contributed by atoms with van der Waals surface area (Å²) in [6, 6.07) is 1.99. The molecular formula is C22H21F4N5O2. The molecule has 1 fully saturated rings. The van der Waals surface area contributed by atoms with Gasteiger partial charge >= 0.3 is 6.18 Å². The molecule has 2 N–H and O–H groups in total. The van der Waals surface area contributed by atoms with Crippen LogP contribution in [0.4, 0.5) is 23.2 Å². The van der Waals surface area contributed by atoms with Crippen molar-refractivity contribution in [2.24, 2.45) is 0 Å². The highest BCUT2D eigenvalue weighted by atomic mass is 19.4. The lowest BCUT2D eigenvalue weighted by molar-refractivity contribution is -0.140. The molecule has 1 saturated carbocycles. The first-order valence-corrected chi connectivity index (χ1v) is 10.5. The number of nitrogens with one attached hydrogen (secondary N) is 1. The molecule has 1 atom stereocenters. The minimum absolute atomic E-state index is 0.129. The van der Waals surface area contributed by atoms with E-state index in [1.54, 1.807) is 0 Å². The summed E-state index contributed by atoms with van der Waals surface area (Å²) in [5, 5.41) is 16.5. The lowest BCUT2D eigenvalue weighted by Gasteiger charge is -2.39. The van der Waals surface area contributed by atoms with Gasteiger partial charge < -0.3 is 10.4 Å². The molecule has 2 aliphatic carbocycles. The summed E-state index contributed by atoms with van der Waals surface area (Å²) in [7, 11) is 0. The minimum atomic E-state index is -4.77. The average Bonchev–Trinajstić information content (AvgIpc) is 3.23. The first kappa shape index (κ1) is 21.7.